The van der Waals surface area contributed by atoms with Gasteiger partial charge in [0.1, 0.15) is 0 Å². The molecule has 0 aliphatic rings. The van der Waals surface area contributed by atoms with Crippen LogP contribution in [0.1, 0.15) is 24.5 Å². The predicted octanol–water partition coefficient (Wildman–Crippen LogP) is 4.90. The van der Waals surface area contributed by atoms with Crippen LogP contribution in [0.2, 0.25) is 5.02 Å². The van der Waals surface area contributed by atoms with Crippen LogP contribution in [-0.2, 0) is 13.0 Å². The summed E-state index contributed by atoms with van der Waals surface area (Å²) >= 11 is 5.97. The number of nitrogens with one attached hydrogen (secondary N) is 1. The van der Waals surface area contributed by atoms with Crippen LogP contribution in [0.5, 0.6) is 0 Å². The Hall–Kier alpha value is -1.47. The lowest BCUT2D eigenvalue weighted by atomic mass is 10.0. The quantitative estimate of drug-likeness (QED) is 0.805. The first-order chi connectivity index (χ1) is 8.79. The first kappa shape index (κ1) is 13.0. The minimum absolute atomic E-state index is 0.766. The highest BCUT2D eigenvalue weighted by Crippen LogP contribution is 2.17. The minimum Gasteiger partial charge on any atom is -0.381 e. The lowest BCUT2D eigenvalue weighted by Gasteiger charge is -2.11. The van der Waals surface area contributed by atoms with Gasteiger partial charge < -0.3 is 5.32 Å². The van der Waals surface area contributed by atoms with E-state index in [4.69, 9.17) is 11.6 Å². The van der Waals surface area contributed by atoms with E-state index in [1.165, 1.54) is 17.5 Å². The molecular weight excluding hydrogens is 242 g/mol. The Balaban J connectivity index is 2.06. The highest BCUT2D eigenvalue weighted by molar-refractivity contribution is 6.30. The van der Waals surface area contributed by atoms with Crippen LogP contribution in [0.25, 0.3) is 0 Å². The zero-order valence-corrected chi connectivity index (χ0v) is 11.4. The molecule has 0 bridgehead atoms. The third-order valence-electron chi connectivity index (χ3n) is 2.95. The summed E-state index contributed by atoms with van der Waals surface area (Å²) in [5, 5.41) is 4.18. The molecule has 0 saturated carbocycles. The van der Waals surface area contributed by atoms with E-state index in [-0.39, 0.29) is 0 Å². The van der Waals surface area contributed by atoms with Crippen molar-refractivity contribution in [3.05, 3.63) is 64.7 Å². The van der Waals surface area contributed by atoms with Crippen LogP contribution >= 0.6 is 11.6 Å². The van der Waals surface area contributed by atoms with Gasteiger partial charge in [-0.05, 0) is 35.7 Å². The van der Waals surface area contributed by atoms with E-state index >= 15 is 0 Å². The summed E-state index contributed by atoms with van der Waals surface area (Å²) in [7, 11) is 0. The second kappa shape index (κ2) is 6.46. The zero-order chi connectivity index (χ0) is 12.8. The van der Waals surface area contributed by atoms with Gasteiger partial charge in [0, 0.05) is 17.3 Å². The van der Waals surface area contributed by atoms with Gasteiger partial charge in [-0.3, -0.25) is 0 Å². The third kappa shape index (κ3) is 3.51. The van der Waals surface area contributed by atoms with Gasteiger partial charge in [-0.15, -0.1) is 0 Å². The molecule has 2 heteroatoms. The van der Waals surface area contributed by atoms with Crippen molar-refractivity contribution in [2.75, 3.05) is 5.32 Å². The standard InChI is InChI=1S/C16H18ClN/c1-2-6-13-7-3-4-8-14(13)12-18-16-10-5-9-15(17)11-16/h3-5,7-11,18H,2,6,12H2,1H3. The van der Waals surface area contributed by atoms with E-state index in [9.17, 15) is 0 Å². The van der Waals surface area contributed by atoms with Crippen LogP contribution in [0.4, 0.5) is 5.69 Å². The van der Waals surface area contributed by atoms with Crippen molar-refractivity contribution < 1.29 is 0 Å². The fourth-order valence-corrected chi connectivity index (χ4v) is 2.23. The summed E-state index contributed by atoms with van der Waals surface area (Å²) in [6.07, 6.45) is 2.31. The van der Waals surface area contributed by atoms with Crippen molar-refractivity contribution in [2.45, 2.75) is 26.3 Å². The number of aryl methyl sites for hydroxylation is 1. The molecular formula is C16H18ClN. The van der Waals surface area contributed by atoms with Crippen LogP contribution in [0.15, 0.2) is 48.5 Å². The Morgan fingerprint density at radius 1 is 1.00 bits per heavy atom. The van der Waals surface area contributed by atoms with Gasteiger partial charge in [0.2, 0.25) is 0 Å². The average Bonchev–Trinajstić information content (AvgIpc) is 2.38. The molecule has 1 nitrogen and oxygen atoms in total. The smallest absolute Gasteiger partial charge is 0.0426 e. The van der Waals surface area contributed by atoms with Crippen molar-refractivity contribution in [3.8, 4) is 0 Å². The maximum absolute atomic E-state index is 5.97. The van der Waals surface area contributed by atoms with Gasteiger partial charge in [-0.2, -0.15) is 0 Å². The molecule has 0 aliphatic carbocycles. The molecule has 0 heterocycles. The highest BCUT2D eigenvalue weighted by atomic mass is 35.5. The van der Waals surface area contributed by atoms with E-state index in [2.05, 4.69) is 36.5 Å². The van der Waals surface area contributed by atoms with Crippen LogP contribution in [0, 0.1) is 0 Å². The molecule has 1 N–H and O–H groups in total. The Labute approximate surface area is 114 Å². The summed E-state index contributed by atoms with van der Waals surface area (Å²) in [5.41, 5.74) is 3.85. The van der Waals surface area contributed by atoms with E-state index < -0.39 is 0 Å². The molecule has 0 amide bonds. The molecule has 0 radical (unpaired) electrons. The van der Waals surface area contributed by atoms with Gasteiger partial charge in [0.15, 0.2) is 0 Å². The molecule has 18 heavy (non-hydrogen) atoms. The van der Waals surface area contributed by atoms with Crippen molar-refractivity contribution in [2.24, 2.45) is 0 Å². The number of rotatable bonds is 5. The van der Waals surface area contributed by atoms with Crippen molar-refractivity contribution in [1.82, 2.24) is 0 Å². The van der Waals surface area contributed by atoms with Gasteiger partial charge in [0.25, 0.3) is 0 Å². The lowest BCUT2D eigenvalue weighted by Crippen LogP contribution is -2.02. The molecule has 0 aromatic heterocycles. The maximum Gasteiger partial charge on any atom is 0.0426 e. The fraction of sp³-hybridized carbons (Fsp3) is 0.250. The monoisotopic (exact) mass is 259 g/mol. The zero-order valence-electron chi connectivity index (χ0n) is 10.6. The first-order valence-electron chi connectivity index (χ1n) is 6.36. The summed E-state index contributed by atoms with van der Waals surface area (Å²) in [6, 6.07) is 16.4. The van der Waals surface area contributed by atoms with Gasteiger partial charge in [-0.1, -0.05) is 55.3 Å². The normalized spacial score (nSPS) is 10.3. The molecule has 2 rings (SSSR count). The molecule has 0 atom stereocenters. The minimum atomic E-state index is 0.766. The Morgan fingerprint density at radius 2 is 1.78 bits per heavy atom. The lowest BCUT2D eigenvalue weighted by molar-refractivity contribution is 0.901. The number of halogens is 1. The van der Waals surface area contributed by atoms with Gasteiger partial charge >= 0.3 is 0 Å². The average molecular weight is 260 g/mol. The molecule has 2 aromatic rings. The number of hydrogen-bond donors (Lipinski definition) is 1. The van der Waals surface area contributed by atoms with E-state index in [0.717, 1.165) is 23.7 Å². The SMILES string of the molecule is CCCc1ccccc1CNc1cccc(Cl)c1. The number of anilines is 1. The summed E-state index contributed by atoms with van der Waals surface area (Å²) < 4.78 is 0. The van der Waals surface area contributed by atoms with Crippen LogP contribution < -0.4 is 5.32 Å². The van der Waals surface area contributed by atoms with Crippen molar-refractivity contribution in [1.29, 1.82) is 0 Å². The van der Waals surface area contributed by atoms with E-state index in [1.54, 1.807) is 0 Å². The van der Waals surface area contributed by atoms with Crippen molar-refractivity contribution in [3.63, 3.8) is 0 Å². The fourth-order valence-electron chi connectivity index (χ4n) is 2.04. The second-order valence-corrected chi connectivity index (χ2v) is 4.82. The topological polar surface area (TPSA) is 12.0 Å². The third-order valence-corrected chi connectivity index (χ3v) is 3.18. The van der Waals surface area contributed by atoms with Gasteiger partial charge in [-0.25, -0.2) is 0 Å². The van der Waals surface area contributed by atoms with Gasteiger partial charge in [0.05, 0.1) is 0 Å². The van der Waals surface area contributed by atoms with Crippen LogP contribution in [0.3, 0.4) is 0 Å². The van der Waals surface area contributed by atoms with Crippen molar-refractivity contribution >= 4 is 17.3 Å². The van der Waals surface area contributed by atoms with E-state index in [0.29, 0.717) is 0 Å². The van der Waals surface area contributed by atoms with Crippen LogP contribution in [-0.4, -0.2) is 0 Å². The molecule has 0 aliphatic heterocycles. The molecule has 0 fully saturated rings. The first-order valence-corrected chi connectivity index (χ1v) is 6.73. The molecule has 2 aromatic carbocycles. The molecule has 94 valence electrons. The summed E-state index contributed by atoms with van der Waals surface area (Å²) in [6.45, 7) is 3.05. The molecule has 0 saturated heterocycles. The Kier molecular flexibility index (Phi) is 4.66. The number of hydrogen-bond acceptors (Lipinski definition) is 1. The highest BCUT2D eigenvalue weighted by Gasteiger charge is 2.01. The predicted molar refractivity (Wildman–Crippen MR) is 79.2 cm³/mol. The van der Waals surface area contributed by atoms with E-state index in [1.807, 2.05) is 24.3 Å². The molecule has 0 spiro atoms. The summed E-state index contributed by atoms with van der Waals surface area (Å²) in [5.74, 6) is 0. The second-order valence-electron chi connectivity index (χ2n) is 4.38. The Morgan fingerprint density at radius 3 is 2.50 bits per heavy atom. The maximum atomic E-state index is 5.97. The Bertz CT molecular complexity index is 508. The molecule has 0 unspecified atom stereocenters. The number of benzene rings is 2. The summed E-state index contributed by atoms with van der Waals surface area (Å²) in [4.78, 5) is 0. The largest absolute Gasteiger partial charge is 0.381 e.